The highest BCUT2D eigenvalue weighted by atomic mass is 32.2. The minimum atomic E-state index is -2.98. The predicted molar refractivity (Wildman–Crippen MR) is 104 cm³/mol. The molecule has 0 radical (unpaired) electrons. The standard InChI is InChI=1S/C17H25N5O3S2/c1-11(2)8-21-17(18-19-20-21)26-9-16(23)15-7-12(3)22(13(15)4)14-5-6-27(24,25)10-14/h7,11,14H,5-6,8-10H2,1-4H3. The number of sulfone groups is 1. The van der Waals surface area contributed by atoms with Crippen molar-refractivity contribution in [2.24, 2.45) is 5.92 Å². The Bertz CT molecular complexity index is 946. The lowest BCUT2D eigenvalue weighted by molar-refractivity contribution is 0.102. The van der Waals surface area contributed by atoms with Crippen LogP contribution in [0.15, 0.2) is 11.2 Å². The Hall–Kier alpha value is -1.68. The van der Waals surface area contributed by atoms with Crippen molar-refractivity contribution >= 4 is 27.4 Å². The van der Waals surface area contributed by atoms with Gasteiger partial charge in [0.25, 0.3) is 0 Å². The van der Waals surface area contributed by atoms with Gasteiger partial charge in [-0.25, -0.2) is 13.1 Å². The van der Waals surface area contributed by atoms with Gasteiger partial charge in [0, 0.05) is 29.5 Å². The SMILES string of the molecule is Cc1cc(C(=O)CSc2nnnn2CC(C)C)c(C)n1C1CCS(=O)(=O)C1. The number of aromatic nitrogens is 5. The summed E-state index contributed by atoms with van der Waals surface area (Å²) in [5.74, 6) is 1.01. The van der Waals surface area contributed by atoms with Crippen LogP contribution in [-0.4, -0.2) is 56.2 Å². The van der Waals surface area contributed by atoms with Crippen LogP contribution in [0.4, 0.5) is 0 Å². The maximum absolute atomic E-state index is 12.8. The highest BCUT2D eigenvalue weighted by Gasteiger charge is 2.31. The molecule has 2 aromatic rings. The van der Waals surface area contributed by atoms with Gasteiger partial charge in [0.15, 0.2) is 15.6 Å². The lowest BCUT2D eigenvalue weighted by Gasteiger charge is -2.16. The third-order valence-corrected chi connectivity index (χ3v) is 7.44. The molecule has 148 valence electrons. The van der Waals surface area contributed by atoms with E-state index >= 15 is 0 Å². The summed E-state index contributed by atoms with van der Waals surface area (Å²) in [5, 5.41) is 12.3. The predicted octanol–water partition coefficient (Wildman–Crippen LogP) is 2.08. The van der Waals surface area contributed by atoms with E-state index in [-0.39, 0.29) is 29.1 Å². The van der Waals surface area contributed by atoms with E-state index < -0.39 is 9.84 Å². The zero-order valence-corrected chi connectivity index (χ0v) is 17.7. The van der Waals surface area contributed by atoms with Gasteiger partial charge in [-0.2, -0.15) is 0 Å². The van der Waals surface area contributed by atoms with Crippen LogP contribution in [-0.2, 0) is 16.4 Å². The average Bonchev–Trinajstić information content (AvgIpc) is 3.23. The second-order valence-corrected chi connectivity index (χ2v) is 10.6. The number of hydrogen-bond donors (Lipinski definition) is 0. The van der Waals surface area contributed by atoms with Gasteiger partial charge in [0.05, 0.1) is 17.3 Å². The van der Waals surface area contributed by atoms with Crippen molar-refractivity contribution in [2.75, 3.05) is 17.3 Å². The first-order chi connectivity index (χ1) is 12.7. The third kappa shape index (κ3) is 4.43. The number of carbonyl (C=O) groups excluding carboxylic acids is 1. The third-order valence-electron chi connectivity index (χ3n) is 4.73. The Morgan fingerprint density at radius 1 is 1.37 bits per heavy atom. The van der Waals surface area contributed by atoms with E-state index in [2.05, 4.69) is 29.4 Å². The molecule has 10 heteroatoms. The van der Waals surface area contributed by atoms with E-state index in [1.54, 1.807) is 4.68 Å². The minimum absolute atomic E-state index is 0.000647. The molecule has 1 aliphatic rings. The van der Waals surface area contributed by atoms with Crippen LogP contribution in [0.5, 0.6) is 0 Å². The zero-order chi connectivity index (χ0) is 19.8. The number of ketones is 1. The van der Waals surface area contributed by atoms with Crippen LogP contribution in [0.25, 0.3) is 0 Å². The largest absolute Gasteiger partial charge is 0.344 e. The molecule has 0 amide bonds. The molecular formula is C17H25N5O3S2. The summed E-state index contributed by atoms with van der Waals surface area (Å²) in [5.41, 5.74) is 2.40. The van der Waals surface area contributed by atoms with Crippen molar-refractivity contribution in [1.82, 2.24) is 24.8 Å². The first-order valence-electron chi connectivity index (χ1n) is 8.99. The second-order valence-electron chi connectivity index (χ2n) is 7.46. The smallest absolute Gasteiger partial charge is 0.209 e. The Balaban J connectivity index is 1.73. The Kier molecular flexibility index (Phi) is 5.76. The van der Waals surface area contributed by atoms with E-state index in [4.69, 9.17) is 0 Å². The summed E-state index contributed by atoms with van der Waals surface area (Å²) in [4.78, 5) is 12.8. The number of thioether (sulfide) groups is 1. The minimum Gasteiger partial charge on any atom is -0.344 e. The van der Waals surface area contributed by atoms with Crippen molar-refractivity contribution in [2.45, 2.75) is 51.9 Å². The van der Waals surface area contributed by atoms with Crippen LogP contribution in [0, 0.1) is 19.8 Å². The topological polar surface area (TPSA) is 99.7 Å². The second kappa shape index (κ2) is 7.75. The summed E-state index contributed by atoms with van der Waals surface area (Å²) in [6.07, 6.45) is 0.602. The van der Waals surface area contributed by atoms with Crippen LogP contribution in [0.3, 0.4) is 0 Å². The molecule has 8 nitrogen and oxygen atoms in total. The van der Waals surface area contributed by atoms with Crippen LogP contribution >= 0.6 is 11.8 Å². The van der Waals surface area contributed by atoms with Gasteiger partial charge < -0.3 is 4.57 Å². The van der Waals surface area contributed by atoms with E-state index in [1.807, 2.05) is 24.5 Å². The number of hydrogen-bond acceptors (Lipinski definition) is 7. The number of Topliss-reactive ketones (excluding diaryl/α,β-unsaturated/α-hetero) is 1. The fourth-order valence-electron chi connectivity index (χ4n) is 3.57. The van der Waals surface area contributed by atoms with Gasteiger partial charge in [-0.15, -0.1) is 5.10 Å². The molecule has 1 atom stereocenters. The van der Waals surface area contributed by atoms with E-state index in [0.29, 0.717) is 29.6 Å². The molecule has 0 bridgehead atoms. The number of rotatable bonds is 7. The molecule has 1 aliphatic heterocycles. The van der Waals surface area contributed by atoms with Gasteiger partial charge in [0.2, 0.25) is 5.16 Å². The lowest BCUT2D eigenvalue weighted by Crippen LogP contribution is -2.15. The van der Waals surface area contributed by atoms with E-state index in [0.717, 1.165) is 11.4 Å². The quantitative estimate of drug-likeness (QED) is 0.508. The van der Waals surface area contributed by atoms with Gasteiger partial charge >= 0.3 is 0 Å². The van der Waals surface area contributed by atoms with E-state index in [1.165, 1.54) is 11.8 Å². The molecule has 2 aromatic heterocycles. The average molecular weight is 412 g/mol. The zero-order valence-electron chi connectivity index (χ0n) is 16.0. The summed E-state index contributed by atoms with van der Waals surface area (Å²) >= 11 is 1.33. The molecule has 27 heavy (non-hydrogen) atoms. The molecule has 1 unspecified atom stereocenters. The molecule has 1 fully saturated rings. The Labute approximate surface area is 163 Å². The molecular weight excluding hydrogens is 386 g/mol. The fraction of sp³-hybridized carbons (Fsp3) is 0.647. The highest BCUT2D eigenvalue weighted by molar-refractivity contribution is 7.99. The monoisotopic (exact) mass is 411 g/mol. The molecule has 0 spiro atoms. The van der Waals surface area contributed by atoms with E-state index in [9.17, 15) is 13.2 Å². The molecule has 3 rings (SSSR count). The maximum Gasteiger partial charge on any atom is 0.209 e. The molecule has 0 saturated carbocycles. The molecule has 1 saturated heterocycles. The molecule has 3 heterocycles. The highest BCUT2D eigenvalue weighted by Crippen LogP contribution is 2.30. The first-order valence-corrected chi connectivity index (χ1v) is 11.8. The number of nitrogens with zero attached hydrogens (tertiary/aromatic N) is 5. The first kappa shape index (κ1) is 20.1. The lowest BCUT2D eigenvalue weighted by atomic mass is 10.2. The molecule has 0 aliphatic carbocycles. The number of tetrazole rings is 1. The van der Waals surface area contributed by atoms with Crippen LogP contribution in [0.1, 0.15) is 48.1 Å². The van der Waals surface area contributed by atoms with Crippen molar-refractivity contribution in [3.05, 3.63) is 23.0 Å². The fourth-order valence-corrected chi connectivity index (χ4v) is 6.04. The summed E-state index contributed by atoms with van der Waals surface area (Å²) < 4.78 is 27.4. The van der Waals surface area contributed by atoms with Crippen molar-refractivity contribution in [1.29, 1.82) is 0 Å². The summed E-state index contributed by atoms with van der Waals surface area (Å²) in [6.45, 7) is 8.68. The van der Waals surface area contributed by atoms with Crippen LogP contribution in [0.2, 0.25) is 0 Å². The normalized spacial score (nSPS) is 19.1. The number of aryl methyl sites for hydroxylation is 1. The summed E-state index contributed by atoms with van der Waals surface area (Å²) in [6, 6.07) is 1.78. The van der Waals surface area contributed by atoms with Crippen molar-refractivity contribution in [3.8, 4) is 0 Å². The number of carbonyl (C=O) groups is 1. The van der Waals surface area contributed by atoms with Crippen molar-refractivity contribution < 1.29 is 13.2 Å². The van der Waals surface area contributed by atoms with Gasteiger partial charge in [0.1, 0.15) is 0 Å². The molecule has 0 aromatic carbocycles. The maximum atomic E-state index is 12.8. The molecule has 0 N–H and O–H groups in total. The van der Waals surface area contributed by atoms with Gasteiger partial charge in [-0.05, 0) is 42.7 Å². The van der Waals surface area contributed by atoms with Crippen molar-refractivity contribution in [3.63, 3.8) is 0 Å². The summed E-state index contributed by atoms with van der Waals surface area (Å²) in [7, 11) is -2.98. The van der Waals surface area contributed by atoms with Gasteiger partial charge in [-0.1, -0.05) is 25.6 Å². The van der Waals surface area contributed by atoms with Crippen LogP contribution < -0.4 is 0 Å². The van der Waals surface area contributed by atoms with Gasteiger partial charge in [-0.3, -0.25) is 4.79 Å². The Morgan fingerprint density at radius 3 is 2.74 bits per heavy atom. The Morgan fingerprint density at radius 2 is 2.11 bits per heavy atom.